The van der Waals surface area contributed by atoms with E-state index in [0.29, 0.717) is 6.61 Å². The molecular formula is C10H12ClNO3S. The lowest BCUT2D eigenvalue weighted by Gasteiger charge is -2.10. The van der Waals surface area contributed by atoms with Gasteiger partial charge in [-0.25, -0.2) is 13.4 Å². The van der Waals surface area contributed by atoms with Crippen LogP contribution in [0.5, 0.6) is 0 Å². The molecule has 1 aliphatic heterocycles. The molecule has 1 fully saturated rings. The Morgan fingerprint density at radius 2 is 2.38 bits per heavy atom. The molecule has 2 rings (SSSR count). The molecular weight excluding hydrogens is 250 g/mol. The van der Waals surface area contributed by atoms with Gasteiger partial charge < -0.3 is 4.74 Å². The van der Waals surface area contributed by atoms with Crippen molar-refractivity contribution >= 4 is 21.4 Å². The first-order valence-electron chi connectivity index (χ1n) is 5.04. The van der Waals surface area contributed by atoms with Gasteiger partial charge in [-0.3, -0.25) is 0 Å². The van der Waals surface area contributed by atoms with Crippen molar-refractivity contribution in [2.75, 3.05) is 12.4 Å². The number of aromatic nitrogens is 1. The van der Waals surface area contributed by atoms with E-state index in [1.165, 1.54) is 12.3 Å². The van der Waals surface area contributed by atoms with Crippen molar-refractivity contribution in [1.82, 2.24) is 4.98 Å². The summed E-state index contributed by atoms with van der Waals surface area (Å²) in [7, 11) is -3.44. The highest BCUT2D eigenvalue weighted by Gasteiger charge is 2.27. The molecule has 0 aromatic carbocycles. The maximum Gasteiger partial charge on any atom is 0.199 e. The topological polar surface area (TPSA) is 56.3 Å². The Bertz CT molecular complexity index is 469. The van der Waals surface area contributed by atoms with Crippen molar-refractivity contribution in [1.29, 1.82) is 0 Å². The first kappa shape index (κ1) is 11.8. The Labute approximate surface area is 99.5 Å². The van der Waals surface area contributed by atoms with Crippen LogP contribution >= 0.6 is 11.6 Å². The number of ether oxygens (including phenoxy) is 1. The molecule has 4 nitrogen and oxygen atoms in total. The molecule has 1 atom stereocenters. The average molecular weight is 262 g/mol. The maximum absolute atomic E-state index is 12.0. The third-order valence-corrected chi connectivity index (χ3v) is 4.59. The van der Waals surface area contributed by atoms with Gasteiger partial charge in [0.1, 0.15) is 0 Å². The Kier molecular flexibility index (Phi) is 3.47. The van der Waals surface area contributed by atoms with Crippen LogP contribution in [0, 0.1) is 0 Å². The van der Waals surface area contributed by atoms with Gasteiger partial charge in [-0.2, -0.15) is 0 Å². The van der Waals surface area contributed by atoms with E-state index < -0.39 is 9.84 Å². The fourth-order valence-corrected chi connectivity index (χ4v) is 3.67. The van der Waals surface area contributed by atoms with E-state index in [2.05, 4.69) is 4.98 Å². The predicted octanol–water partition coefficient (Wildman–Crippen LogP) is 1.69. The number of hydrogen-bond acceptors (Lipinski definition) is 4. The van der Waals surface area contributed by atoms with Gasteiger partial charge in [-0.1, -0.05) is 11.6 Å². The molecule has 1 aliphatic rings. The van der Waals surface area contributed by atoms with Gasteiger partial charge in [-0.15, -0.1) is 0 Å². The summed E-state index contributed by atoms with van der Waals surface area (Å²) in [5.41, 5.74) is 0. The lowest BCUT2D eigenvalue weighted by Crippen LogP contribution is -2.21. The summed E-state index contributed by atoms with van der Waals surface area (Å²) < 4.78 is 29.3. The monoisotopic (exact) mass is 261 g/mol. The molecule has 0 radical (unpaired) electrons. The molecule has 0 amide bonds. The highest BCUT2D eigenvalue weighted by atomic mass is 35.5. The Balaban J connectivity index is 2.21. The van der Waals surface area contributed by atoms with Gasteiger partial charge in [0, 0.05) is 12.8 Å². The minimum Gasteiger partial charge on any atom is -0.377 e. The standard InChI is InChI=1S/C10H12ClNO3S/c11-9-4-1-5-12-10(9)16(13,14)7-8-3-2-6-15-8/h1,4-5,8H,2-3,6-7H2/t8-/m0/s1. The number of nitrogens with zero attached hydrogens (tertiary/aromatic N) is 1. The first-order valence-corrected chi connectivity index (χ1v) is 7.07. The van der Waals surface area contributed by atoms with Gasteiger partial charge in [0.25, 0.3) is 0 Å². The van der Waals surface area contributed by atoms with Crippen LogP contribution in [-0.2, 0) is 14.6 Å². The van der Waals surface area contributed by atoms with Gasteiger partial charge in [0.2, 0.25) is 0 Å². The van der Waals surface area contributed by atoms with Crippen LogP contribution in [0.15, 0.2) is 23.4 Å². The van der Waals surface area contributed by atoms with Gasteiger partial charge in [0.05, 0.1) is 16.9 Å². The zero-order chi connectivity index (χ0) is 11.6. The summed E-state index contributed by atoms with van der Waals surface area (Å²) in [6.45, 7) is 0.635. The van der Waals surface area contributed by atoms with E-state index in [1.807, 2.05) is 0 Å². The first-order chi connectivity index (χ1) is 7.59. The van der Waals surface area contributed by atoms with Crippen LogP contribution in [0.2, 0.25) is 5.02 Å². The molecule has 0 aliphatic carbocycles. The lowest BCUT2D eigenvalue weighted by molar-refractivity contribution is 0.127. The summed E-state index contributed by atoms with van der Waals surface area (Å²) in [5.74, 6) is -0.0380. The highest BCUT2D eigenvalue weighted by molar-refractivity contribution is 7.91. The Hall–Kier alpha value is -0.650. The van der Waals surface area contributed by atoms with Crippen molar-refractivity contribution in [3.8, 4) is 0 Å². The number of pyridine rings is 1. The fourth-order valence-electron chi connectivity index (χ4n) is 1.70. The second-order valence-electron chi connectivity index (χ2n) is 3.71. The zero-order valence-electron chi connectivity index (χ0n) is 8.60. The van der Waals surface area contributed by atoms with Gasteiger partial charge in [0.15, 0.2) is 14.9 Å². The minimum atomic E-state index is -3.44. The van der Waals surface area contributed by atoms with Gasteiger partial charge in [-0.05, 0) is 25.0 Å². The van der Waals surface area contributed by atoms with Crippen molar-refractivity contribution in [3.63, 3.8) is 0 Å². The average Bonchev–Trinajstić information content (AvgIpc) is 2.70. The largest absolute Gasteiger partial charge is 0.377 e. The zero-order valence-corrected chi connectivity index (χ0v) is 10.2. The molecule has 1 aromatic rings. The molecule has 16 heavy (non-hydrogen) atoms. The van der Waals surface area contributed by atoms with E-state index in [1.54, 1.807) is 6.07 Å². The second kappa shape index (κ2) is 4.69. The second-order valence-corrected chi connectivity index (χ2v) is 6.06. The number of rotatable bonds is 3. The summed E-state index contributed by atoms with van der Waals surface area (Å²) in [6, 6.07) is 3.13. The van der Waals surface area contributed by atoms with Crippen molar-refractivity contribution in [2.24, 2.45) is 0 Å². The Morgan fingerprint density at radius 3 is 3.00 bits per heavy atom. The lowest BCUT2D eigenvalue weighted by atomic mass is 10.3. The molecule has 0 N–H and O–H groups in total. The smallest absolute Gasteiger partial charge is 0.199 e. The van der Waals surface area contributed by atoms with E-state index in [0.717, 1.165) is 12.8 Å². The van der Waals surface area contributed by atoms with E-state index in [-0.39, 0.29) is 21.9 Å². The van der Waals surface area contributed by atoms with Crippen LogP contribution in [-0.4, -0.2) is 31.9 Å². The number of sulfone groups is 1. The predicted molar refractivity (Wildman–Crippen MR) is 60.3 cm³/mol. The number of halogens is 1. The van der Waals surface area contributed by atoms with E-state index in [9.17, 15) is 8.42 Å². The highest BCUT2D eigenvalue weighted by Crippen LogP contribution is 2.22. The molecule has 1 aromatic heterocycles. The molecule has 0 bridgehead atoms. The fraction of sp³-hybridized carbons (Fsp3) is 0.500. The molecule has 0 saturated carbocycles. The quantitative estimate of drug-likeness (QED) is 0.831. The third-order valence-electron chi connectivity index (χ3n) is 2.45. The van der Waals surface area contributed by atoms with E-state index >= 15 is 0 Å². The van der Waals surface area contributed by atoms with Crippen molar-refractivity contribution < 1.29 is 13.2 Å². The van der Waals surface area contributed by atoms with Crippen molar-refractivity contribution in [2.45, 2.75) is 24.0 Å². The third kappa shape index (κ3) is 2.53. The minimum absolute atomic E-state index is 0.0380. The van der Waals surface area contributed by atoms with E-state index in [4.69, 9.17) is 16.3 Å². The summed E-state index contributed by atoms with van der Waals surface area (Å²) >= 11 is 5.81. The van der Waals surface area contributed by atoms with Crippen LogP contribution < -0.4 is 0 Å². The molecule has 1 saturated heterocycles. The van der Waals surface area contributed by atoms with Crippen LogP contribution in [0.1, 0.15) is 12.8 Å². The molecule has 0 spiro atoms. The number of hydrogen-bond donors (Lipinski definition) is 0. The van der Waals surface area contributed by atoms with Gasteiger partial charge >= 0.3 is 0 Å². The summed E-state index contributed by atoms with van der Waals surface area (Å²) in [5, 5.41) is 0.118. The summed E-state index contributed by atoms with van der Waals surface area (Å²) in [6.07, 6.45) is 2.90. The molecule has 88 valence electrons. The summed E-state index contributed by atoms with van der Waals surface area (Å²) in [4.78, 5) is 3.82. The molecule has 2 heterocycles. The maximum atomic E-state index is 12.0. The van der Waals surface area contributed by atoms with Crippen molar-refractivity contribution in [3.05, 3.63) is 23.4 Å². The molecule has 6 heteroatoms. The molecule has 0 unspecified atom stereocenters. The van der Waals surface area contributed by atoms with Crippen LogP contribution in [0.4, 0.5) is 0 Å². The Morgan fingerprint density at radius 1 is 1.56 bits per heavy atom. The normalized spacial score (nSPS) is 21.2. The SMILES string of the molecule is O=S(=O)(C[C@@H]1CCCO1)c1ncccc1Cl. The van der Waals surface area contributed by atoms with Crippen LogP contribution in [0.3, 0.4) is 0 Å². The van der Waals surface area contributed by atoms with Crippen LogP contribution in [0.25, 0.3) is 0 Å².